The number of benzene rings is 1. The largest absolute Gasteiger partial charge is 0.491 e. The number of nitrogens with zero attached hydrogens (tertiary/aromatic N) is 2. The highest BCUT2D eigenvalue weighted by Crippen LogP contribution is 2.25. The van der Waals surface area contributed by atoms with Crippen molar-refractivity contribution in [2.75, 3.05) is 27.2 Å². The van der Waals surface area contributed by atoms with E-state index in [1.54, 1.807) is 6.07 Å². The van der Waals surface area contributed by atoms with Crippen molar-refractivity contribution in [3.05, 3.63) is 36.0 Å². The Morgan fingerprint density at radius 1 is 1.37 bits per heavy atom. The topological polar surface area (TPSA) is 62.7 Å². The number of ether oxygens (including phenoxy) is 1. The van der Waals surface area contributed by atoms with Gasteiger partial charge in [0, 0.05) is 18.0 Å². The average Bonchev–Trinajstić information content (AvgIpc) is 2.38. The van der Waals surface area contributed by atoms with Crippen LogP contribution in [0.5, 0.6) is 5.75 Å². The summed E-state index contributed by atoms with van der Waals surface area (Å²) in [5.41, 5.74) is 0.626. The van der Waals surface area contributed by atoms with Crippen LogP contribution in [0, 0.1) is 0 Å². The fraction of sp³-hybridized carbons (Fsp3) is 0.286. The molecule has 0 fully saturated rings. The highest BCUT2D eigenvalue weighted by molar-refractivity contribution is 5.93. The van der Waals surface area contributed by atoms with Gasteiger partial charge in [-0.1, -0.05) is 12.1 Å². The lowest BCUT2D eigenvalue weighted by Crippen LogP contribution is -2.19. The minimum atomic E-state index is -1.05. The molecule has 2 rings (SSSR count). The molecule has 1 heterocycles. The fourth-order valence-corrected chi connectivity index (χ4v) is 1.71. The number of rotatable bonds is 5. The number of likely N-dealkylation sites (N-methyl/N-ethyl adjacent to an activating group) is 1. The second-order valence-corrected chi connectivity index (χ2v) is 4.48. The van der Waals surface area contributed by atoms with E-state index < -0.39 is 5.97 Å². The van der Waals surface area contributed by atoms with Crippen LogP contribution in [0.15, 0.2) is 30.3 Å². The van der Waals surface area contributed by atoms with Crippen molar-refractivity contribution in [3.63, 3.8) is 0 Å². The summed E-state index contributed by atoms with van der Waals surface area (Å²) < 4.78 is 5.68. The number of hydrogen-bond acceptors (Lipinski definition) is 4. The number of aromatic carboxylic acids is 1. The summed E-state index contributed by atoms with van der Waals surface area (Å²) in [4.78, 5) is 17.1. The highest BCUT2D eigenvalue weighted by Gasteiger charge is 2.11. The van der Waals surface area contributed by atoms with Crippen molar-refractivity contribution in [1.82, 2.24) is 9.88 Å². The molecule has 19 heavy (non-hydrogen) atoms. The third-order valence-corrected chi connectivity index (χ3v) is 2.69. The normalized spacial score (nSPS) is 10.9. The summed E-state index contributed by atoms with van der Waals surface area (Å²) in [6.45, 7) is 1.26. The maximum Gasteiger partial charge on any atom is 0.354 e. The van der Waals surface area contributed by atoms with Gasteiger partial charge in [0.15, 0.2) is 5.69 Å². The molecular weight excluding hydrogens is 244 g/mol. The van der Waals surface area contributed by atoms with Crippen LogP contribution in [0.25, 0.3) is 10.9 Å². The number of fused-ring (bicyclic) bond motifs is 1. The molecule has 1 aromatic carbocycles. The number of aromatic nitrogens is 1. The van der Waals surface area contributed by atoms with Crippen LogP contribution in [0.2, 0.25) is 0 Å². The molecule has 100 valence electrons. The van der Waals surface area contributed by atoms with E-state index in [-0.39, 0.29) is 5.69 Å². The monoisotopic (exact) mass is 260 g/mol. The number of hydrogen-bond donors (Lipinski definition) is 1. The van der Waals surface area contributed by atoms with E-state index in [0.29, 0.717) is 17.9 Å². The Bertz CT molecular complexity index is 596. The van der Waals surface area contributed by atoms with Gasteiger partial charge >= 0.3 is 5.97 Å². The van der Waals surface area contributed by atoms with Crippen LogP contribution in [0.1, 0.15) is 10.5 Å². The Morgan fingerprint density at radius 2 is 2.11 bits per heavy atom. The molecule has 0 aliphatic heterocycles. The van der Waals surface area contributed by atoms with Gasteiger partial charge < -0.3 is 14.7 Å². The predicted octanol–water partition coefficient (Wildman–Crippen LogP) is 1.87. The first-order valence-electron chi connectivity index (χ1n) is 5.98. The first-order chi connectivity index (χ1) is 9.08. The standard InChI is InChI=1S/C14H16N2O3/c1-16(2)7-8-19-13-9-12(14(17)18)15-11-6-4-3-5-10(11)13/h3-6,9H,7-8H2,1-2H3,(H,17,18). The maximum absolute atomic E-state index is 11.1. The van der Waals surface area contributed by atoms with Gasteiger partial charge in [0.2, 0.25) is 0 Å². The molecule has 0 aliphatic carbocycles. The van der Waals surface area contributed by atoms with Gasteiger partial charge in [-0.2, -0.15) is 0 Å². The number of para-hydroxylation sites is 1. The van der Waals surface area contributed by atoms with E-state index in [0.717, 1.165) is 11.9 Å². The third-order valence-electron chi connectivity index (χ3n) is 2.69. The van der Waals surface area contributed by atoms with E-state index in [1.165, 1.54) is 6.07 Å². The first-order valence-corrected chi connectivity index (χ1v) is 5.98. The molecule has 0 aliphatic rings. The van der Waals surface area contributed by atoms with Crippen molar-refractivity contribution < 1.29 is 14.6 Å². The molecule has 0 radical (unpaired) electrons. The number of carbonyl (C=O) groups is 1. The lowest BCUT2D eigenvalue weighted by Gasteiger charge is -2.13. The molecule has 1 aromatic heterocycles. The molecule has 0 spiro atoms. The van der Waals surface area contributed by atoms with Crippen LogP contribution in [-0.2, 0) is 0 Å². The van der Waals surface area contributed by atoms with Gasteiger partial charge in [0.1, 0.15) is 12.4 Å². The quantitative estimate of drug-likeness (QED) is 0.889. The van der Waals surface area contributed by atoms with Gasteiger partial charge in [0.25, 0.3) is 0 Å². The molecule has 5 nitrogen and oxygen atoms in total. The van der Waals surface area contributed by atoms with Crippen molar-refractivity contribution in [1.29, 1.82) is 0 Å². The minimum absolute atomic E-state index is 0.00134. The summed E-state index contributed by atoms with van der Waals surface area (Å²) >= 11 is 0. The van der Waals surface area contributed by atoms with Crippen LogP contribution in [0.3, 0.4) is 0 Å². The lowest BCUT2D eigenvalue weighted by atomic mass is 10.2. The summed E-state index contributed by atoms with van der Waals surface area (Å²) in [7, 11) is 3.91. The van der Waals surface area contributed by atoms with E-state index in [1.807, 2.05) is 37.2 Å². The number of carboxylic acid groups (broad SMARTS) is 1. The zero-order chi connectivity index (χ0) is 13.8. The lowest BCUT2D eigenvalue weighted by molar-refractivity contribution is 0.0690. The molecule has 0 unspecified atom stereocenters. The molecule has 0 saturated heterocycles. The van der Waals surface area contributed by atoms with E-state index in [9.17, 15) is 4.79 Å². The van der Waals surface area contributed by atoms with E-state index >= 15 is 0 Å². The van der Waals surface area contributed by atoms with E-state index in [4.69, 9.17) is 9.84 Å². The first kappa shape index (κ1) is 13.3. The Kier molecular flexibility index (Phi) is 3.97. The smallest absolute Gasteiger partial charge is 0.354 e. The second kappa shape index (κ2) is 5.67. The number of pyridine rings is 1. The zero-order valence-corrected chi connectivity index (χ0v) is 11.0. The van der Waals surface area contributed by atoms with Crippen molar-refractivity contribution >= 4 is 16.9 Å². The van der Waals surface area contributed by atoms with Crippen LogP contribution in [-0.4, -0.2) is 48.2 Å². The minimum Gasteiger partial charge on any atom is -0.491 e. The zero-order valence-electron chi connectivity index (χ0n) is 11.0. The number of carboxylic acids is 1. The van der Waals surface area contributed by atoms with Gasteiger partial charge in [-0.05, 0) is 26.2 Å². The van der Waals surface area contributed by atoms with Crippen LogP contribution in [0.4, 0.5) is 0 Å². The molecule has 1 N–H and O–H groups in total. The van der Waals surface area contributed by atoms with Gasteiger partial charge in [-0.25, -0.2) is 9.78 Å². The maximum atomic E-state index is 11.1. The molecule has 0 bridgehead atoms. The molecule has 0 saturated carbocycles. The second-order valence-electron chi connectivity index (χ2n) is 4.48. The predicted molar refractivity (Wildman–Crippen MR) is 72.8 cm³/mol. The van der Waals surface area contributed by atoms with Crippen molar-refractivity contribution in [3.8, 4) is 5.75 Å². The fourth-order valence-electron chi connectivity index (χ4n) is 1.71. The van der Waals surface area contributed by atoms with Crippen LogP contribution < -0.4 is 4.74 Å². The molecular formula is C14H16N2O3. The summed E-state index contributed by atoms with van der Waals surface area (Å²) in [5, 5.41) is 9.88. The third kappa shape index (κ3) is 3.20. The summed E-state index contributed by atoms with van der Waals surface area (Å²) in [6.07, 6.45) is 0. The molecule has 0 atom stereocenters. The SMILES string of the molecule is CN(C)CCOc1cc(C(=O)O)nc2ccccc12. The highest BCUT2D eigenvalue weighted by atomic mass is 16.5. The average molecular weight is 260 g/mol. The molecule has 0 amide bonds. The Morgan fingerprint density at radius 3 is 2.79 bits per heavy atom. The summed E-state index contributed by atoms with van der Waals surface area (Å²) in [5.74, 6) is -0.493. The Labute approximate surface area is 111 Å². The van der Waals surface area contributed by atoms with Gasteiger partial charge in [-0.15, -0.1) is 0 Å². The molecule has 5 heteroatoms. The summed E-state index contributed by atoms with van der Waals surface area (Å²) in [6, 6.07) is 8.83. The van der Waals surface area contributed by atoms with Crippen LogP contribution >= 0.6 is 0 Å². The van der Waals surface area contributed by atoms with Gasteiger partial charge in [-0.3, -0.25) is 0 Å². The Balaban J connectivity index is 2.36. The van der Waals surface area contributed by atoms with E-state index in [2.05, 4.69) is 4.98 Å². The Hall–Kier alpha value is -2.14. The van der Waals surface area contributed by atoms with Crippen molar-refractivity contribution in [2.45, 2.75) is 0 Å². The molecule has 2 aromatic rings. The van der Waals surface area contributed by atoms with Crippen molar-refractivity contribution in [2.24, 2.45) is 0 Å². The van der Waals surface area contributed by atoms with Gasteiger partial charge in [0.05, 0.1) is 5.52 Å².